The molecule has 1 N–H and O–H groups in total. The Morgan fingerprint density at radius 3 is 2.29 bits per heavy atom. The van der Waals surface area contributed by atoms with Gasteiger partial charge in [0.25, 0.3) is 0 Å². The third-order valence-electron chi connectivity index (χ3n) is 2.02. The molecule has 0 aliphatic carbocycles. The number of hydrogen-bond acceptors (Lipinski definition) is 2. The van der Waals surface area contributed by atoms with E-state index in [-0.39, 0.29) is 12.4 Å². The predicted octanol–water partition coefficient (Wildman–Crippen LogP) is 4.49. The van der Waals surface area contributed by atoms with Crippen molar-refractivity contribution >= 4 is 35.8 Å². The van der Waals surface area contributed by atoms with Crippen LogP contribution >= 0.6 is 35.8 Å². The van der Waals surface area contributed by atoms with Crippen LogP contribution in [0.15, 0.2) is 29.2 Å². The van der Waals surface area contributed by atoms with Gasteiger partial charge in [0.2, 0.25) is 0 Å². The number of thioether (sulfide) groups is 1. The molecule has 1 rings (SSSR count). The van der Waals surface area contributed by atoms with E-state index in [2.05, 4.69) is 38.2 Å². The minimum absolute atomic E-state index is 0. The average Bonchev–Trinajstić information content (AvgIpc) is 2.19. The molecule has 0 atom stereocenters. The first kappa shape index (κ1) is 17.1. The van der Waals surface area contributed by atoms with Gasteiger partial charge < -0.3 is 5.32 Å². The zero-order valence-corrected chi connectivity index (χ0v) is 13.0. The summed E-state index contributed by atoms with van der Waals surface area (Å²) in [5.74, 6) is 1.09. The summed E-state index contributed by atoms with van der Waals surface area (Å²) >= 11 is 7.68. The summed E-state index contributed by atoms with van der Waals surface area (Å²) in [7, 11) is 0. The van der Waals surface area contributed by atoms with Crippen LogP contribution in [-0.4, -0.2) is 18.8 Å². The van der Waals surface area contributed by atoms with Crippen LogP contribution in [-0.2, 0) is 0 Å². The Morgan fingerprint density at radius 2 is 1.76 bits per heavy atom. The van der Waals surface area contributed by atoms with Gasteiger partial charge in [-0.3, -0.25) is 0 Å². The number of nitrogens with one attached hydrogen (secondary N) is 1. The molecule has 1 nitrogen and oxygen atoms in total. The Balaban J connectivity index is 0.00000256. The summed E-state index contributed by atoms with van der Waals surface area (Å²) in [6.07, 6.45) is 0. The third kappa shape index (κ3) is 8.78. The van der Waals surface area contributed by atoms with Gasteiger partial charge in [0, 0.05) is 28.8 Å². The number of hydrogen-bond donors (Lipinski definition) is 1. The Labute approximate surface area is 120 Å². The van der Waals surface area contributed by atoms with Crippen molar-refractivity contribution in [1.29, 1.82) is 0 Å². The van der Waals surface area contributed by atoms with Crippen LogP contribution in [0.1, 0.15) is 20.8 Å². The Bertz CT molecular complexity index is 306. The smallest absolute Gasteiger partial charge is 0.0406 e. The molecule has 17 heavy (non-hydrogen) atoms. The second kappa shape index (κ2) is 8.25. The zero-order chi connectivity index (χ0) is 12.0. The summed E-state index contributed by atoms with van der Waals surface area (Å²) in [4.78, 5) is 1.28. The van der Waals surface area contributed by atoms with Crippen LogP contribution in [0.3, 0.4) is 0 Å². The van der Waals surface area contributed by atoms with E-state index in [1.807, 2.05) is 23.9 Å². The molecule has 0 amide bonds. The third-order valence-corrected chi connectivity index (χ3v) is 3.28. The molecular formula is C13H21Cl2NS. The molecular weight excluding hydrogens is 273 g/mol. The molecule has 0 spiro atoms. The van der Waals surface area contributed by atoms with Crippen LogP contribution in [0.4, 0.5) is 0 Å². The molecule has 1 aromatic carbocycles. The van der Waals surface area contributed by atoms with Crippen LogP contribution in [0.2, 0.25) is 5.02 Å². The average molecular weight is 294 g/mol. The van der Waals surface area contributed by atoms with E-state index in [4.69, 9.17) is 11.6 Å². The van der Waals surface area contributed by atoms with Gasteiger partial charge in [-0.25, -0.2) is 0 Å². The molecule has 0 aromatic heterocycles. The van der Waals surface area contributed by atoms with Crippen molar-refractivity contribution in [2.24, 2.45) is 5.41 Å². The molecule has 0 bridgehead atoms. The summed E-state index contributed by atoms with van der Waals surface area (Å²) in [6.45, 7) is 8.84. The monoisotopic (exact) mass is 293 g/mol. The minimum Gasteiger partial charge on any atom is -0.315 e. The van der Waals surface area contributed by atoms with Gasteiger partial charge in [-0.1, -0.05) is 32.4 Å². The normalized spacial score (nSPS) is 11.1. The van der Waals surface area contributed by atoms with Crippen molar-refractivity contribution in [3.63, 3.8) is 0 Å². The maximum absolute atomic E-state index is 5.82. The van der Waals surface area contributed by atoms with Crippen LogP contribution in [0, 0.1) is 5.41 Å². The topological polar surface area (TPSA) is 12.0 Å². The van der Waals surface area contributed by atoms with Gasteiger partial charge in [0.05, 0.1) is 0 Å². The lowest BCUT2D eigenvalue weighted by Gasteiger charge is -2.18. The Kier molecular flexibility index (Phi) is 8.31. The molecule has 98 valence electrons. The zero-order valence-electron chi connectivity index (χ0n) is 10.6. The Morgan fingerprint density at radius 1 is 1.18 bits per heavy atom. The molecule has 0 unspecified atom stereocenters. The Hall–Kier alpha value is 0.110. The van der Waals surface area contributed by atoms with Crippen molar-refractivity contribution < 1.29 is 0 Å². The van der Waals surface area contributed by atoms with Crippen molar-refractivity contribution in [3.8, 4) is 0 Å². The number of benzene rings is 1. The summed E-state index contributed by atoms with van der Waals surface area (Å²) in [5, 5.41) is 4.26. The second-order valence-electron chi connectivity index (χ2n) is 5.04. The van der Waals surface area contributed by atoms with Gasteiger partial charge in [0.1, 0.15) is 0 Å². The molecule has 4 heteroatoms. The minimum atomic E-state index is 0. The van der Waals surface area contributed by atoms with E-state index in [1.54, 1.807) is 0 Å². The van der Waals surface area contributed by atoms with Crippen LogP contribution in [0.25, 0.3) is 0 Å². The van der Waals surface area contributed by atoms with E-state index in [0.717, 1.165) is 23.9 Å². The lowest BCUT2D eigenvalue weighted by molar-refractivity contribution is 0.385. The van der Waals surface area contributed by atoms with E-state index in [9.17, 15) is 0 Å². The van der Waals surface area contributed by atoms with Crippen molar-refractivity contribution in [3.05, 3.63) is 29.3 Å². The van der Waals surface area contributed by atoms with Gasteiger partial charge in [-0.15, -0.1) is 24.2 Å². The van der Waals surface area contributed by atoms with Crippen molar-refractivity contribution in [2.45, 2.75) is 25.7 Å². The fourth-order valence-corrected chi connectivity index (χ4v) is 2.17. The number of halogens is 2. The first-order valence-corrected chi connectivity index (χ1v) is 6.93. The summed E-state index contributed by atoms with van der Waals surface area (Å²) in [6, 6.07) is 8.01. The second-order valence-corrected chi connectivity index (χ2v) is 6.64. The first-order chi connectivity index (χ1) is 7.47. The number of rotatable bonds is 5. The molecule has 1 aromatic rings. The molecule has 0 saturated heterocycles. The fraction of sp³-hybridized carbons (Fsp3) is 0.538. The maximum Gasteiger partial charge on any atom is 0.0406 e. The van der Waals surface area contributed by atoms with Crippen LogP contribution < -0.4 is 5.32 Å². The van der Waals surface area contributed by atoms with Crippen LogP contribution in [0.5, 0.6) is 0 Å². The fourth-order valence-electron chi connectivity index (χ4n) is 1.24. The van der Waals surface area contributed by atoms with E-state index < -0.39 is 0 Å². The quantitative estimate of drug-likeness (QED) is 0.634. The first-order valence-electron chi connectivity index (χ1n) is 5.56. The lowest BCUT2D eigenvalue weighted by atomic mass is 9.97. The molecule has 0 aliphatic heterocycles. The van der Waals surface area contributed by atoms with E-state index >= 15 is 0 Å². The van der Waals surface area contributed by atoms with Gasteiger partial charge in [-0.2, -0.15) is 0 Å². The highest BCUT2D eigenvalue weighted by Gasteiger charge is 2.08. The summed E-state index contributed by atoms with van der Waals surface area (Å²) in [5.41, 5.74) is 0.366. The molecule has 0 radical (unpaired) electrons. The molecule has 0 fully saturated rings. The largest absolute Gasteiger partial charge is 0.315 e. The van der Waals surface area contributed by atoms with E-state index in [0.29, 0.717) is 5.41 Å². The summed E-state index contributed by atoms with van der Waals surface area (Å²) < 4.78 is 0. The maximum atomic E-state index is 5.82. The lowest BCUT2D eigenvalue weighted by Crippen LogP contribution is -2.28. The highest BCUT2D eigenvalue weighted by Crippen LogP contribution is 2.19. The standard InChI is InChI=1S/C13H20ClNS.ClH/c1-13(2,3)10-15-8-9-16-12-6-4-11(14)5-7-12;/h4-7,15H,8-10H2,1-3H3;1H. The predicted molar refractivity (Wildman–Crippen MR) is 81.7 cm³/mol. The SMILES string of the molecule is CC(C)(C)CNCCSc1ccc(Cl)cc1.Cl. The highest BCUT2D eigenvalue weighted by atomic mass is 35.5. The van der Waals surface area contributed by atoms with Crippen molar-refractivity contribution in [1.82, 2.24) is 5.32 Å². The molecule has 0 heterocycles. The van der Waals surface area contributed by atoms with E-state index in [1.165, 1.54) is 4.90 Å². The highest BCUT2D eigenvalue weighted by molar-refractivity contribution is 7.99. The molecule has 0 saturated carbocycles. The van der Waals surface area contributed by atoms with Crippen molar-refractivity contribution in [2.75, 3.05) is 18.8 Å². The molecule has 0 aliphatic rings. The van der Waals surface area contributed by atoms with Gasteiger partial charge in [0.15, 0.2) is 0 Å². The van der Waals surface area contributed by atoms with Gasteiger partial charge >= 0.3 is 0 Å². The van der Waals surface area contributed by atoms with Gasteiger partial charge in [-0.05, 0) is 29.7 Å².